The molecule has 0 unspecified atom stereocenters. The van der Waals surface area contributed by atoms with Crippen molar-refractivity contribution in [1.29, 1.82) is 0 Å². The van der Waals surface area contributed by atoms with Crippen LogP contribution in [-0.4, -0.2) is 31.1 Å². The van der Waals surface area contributed by atoms with Crippen LogP contribution in [0, 0.1) is 6.92 Å². The topological polar surface area (TPSA) is 46.0 Å². The summed E-state index contributed by atoms with van der Waals surface area (Å²) < 4.78 is 2.07. The first-order valence-electron chi connectivity index (χ1n) is 8.78. The van der Waals surface area contributed by atoms with Gasteiger partial charge >= 0.3 is 0 Å². The van der Waals surface area contributed by atoms with Crippen LogP contribution >= 0.6 is 23.8 Å². The van der Waals surface area contributed by atoms with Crippen LogP contribution in [-0.2, 0) is 13.1 Å². The van der Waals surface area contributed by atoms with Crippen molar-refractivity contribution in [3.63, 3.8) is 0 Å². The van der Waals surface area contributed by atoms with E-state index in [1.165, 1.54) is 0 Å². The first-order valence-corrected chi connectivity index (χ1v) is 9.57. The summed E-state index contributed by atoms with van der Waals surface area (Å²) in [5.41, 5.74) is 3.15. The molecular weight excluding hydrogens is 378 g/mol. The number of pyridine rings is 1. The van der Waals surface area contributed by atoms with E-state index in [0.29, 0.717) is 16.7 Å². The van der Waals surface area contributed by atoms with E-state index in [4.69, 9.17) is 23.8 Å². The third kappa shape index (κ3) is 5.77. The van der Waals surface area contributed by atoms with Crippen molar-refractivity contribution >= 4 is 34.6 Å². The average Bonchev–Trinajstić information content (AvgIpc) is 3.18. The van der Waals surface area contributed by atoms with Crippen LogP contribution in [0.1, 0.15) is 17.5 Å². The Balaban J connectivity index is 1.69. The molecule has 3 rings (SSSR count). The number of benzene rings is 1. The number of nitrogens with one attached hydrogen (secondary N) is 1. The largest absolute Gasteiger partial charge is 0.345 e. The zero-order valence-corrected chi connectivity index (χ0v) is 16.7. The second-order valence-corrected chi connectivity index (χ2v) is 7.15. The van der Waals surface area contributed by atoms with E-state index in [-0.39, 0.29) is 0 Å². The van der Waals surface area contributed by atoms with E-state index in [1.54, 1.807) is 12.4 Å². The zero-order valence-electron chi connectivity index (χ0n) is 15.2. The van der Waals surface area contributed by atoms with Gasteiger partial charge in [-0.25, -0.2) is 4.98 Å². The lowest BCUT2D eigenvalue weighted by molar-refractivity contribution is 0.395. The van der Waals surface area contributed by atoms with Crippen molar-refractivity contribution in [2.75, 3.05) is 11.9 Å². The Morgan fingerprint density at radius 3 is 2.89 bits per heavy atom. The third-order valence-corrected chi connectivity index (χ3v) is 4.82. The van der Waals surface area contributed by atoms with Crippen molar-refractivity contribution < 1.29 is 0 Å². The fourth-order valence-electron chi connectivity index (χ4n) is 2.75. The quantitative estimate of drug-likeness (QED) is 0.591. The fourth-order valence-corrected chi connectivity index (χ4v) is 3.19. The molecule has 2 heterocycles. The lowest BCUT2D eigenvalue weighted by Crippen LogP contribution is -2.35. The number of hydrogen-bond donors (Lipinski definition) is 1. The molecular formula is C20H22ClN5S. The molecule has 0 aliphatic heterocycles. The third-order valence-electron chi connectivity index (χ3n) is 4.23. The molecule has 0 saturated carbocycles. The molecule has 0 atom stereocenters. The van der Waals surface area contributed by atoms with Crippen LogP contribution in [0.4, 0.5) is 5.69 Å². The standard InChI is InChI=1S/C20H22ClN5S/c1-16-5-6-18(21)12-19(16)24-20(27)26(14-17-4-2-7-22-13-17)10-3-9-25-11-8-23-15-25/h2,4-8,11-13,15H,3,9-10,14H2,1H3,(H,24,27). The van der Waals surface area contributed by atoms with Gasteiger partial charge in [-0.1, -0.05) is 23.7 Å². The Bertz CT molecular complexity index is 867. The van der Waals surface area contributed by atoms with Crippen molar-refractivity contribution in [2.45, 2.75) is 26.4 Å². The number of nitrogens with zero attached hydrogens (tertiary/aromatic N) is 4. The first-order chi connectivity index (χ1) is 13.1. The smallest absolute Gasteiger partial charge is 0.173 e. The molecule has 0 aliphatic carbocycles. The average molecular weight is 400 g/mol. The van der Waals surface area contributed by atoms with E-state index in [1.807, 2.05) is 49.9 Å². The molecule has 0 amide bonds. The van der Waals surface area contributed by atoms with Gasteiger partial charge in [-0.2, -0.15) is 0 Å². The second-order valence-electron chi connectivity index (χ2n) is 6.33. The summed E-state index contributed by atoms with van der Waals surface area (Å²) in [6, 6.07) is 9.76. The van der Waals surface area contributed by atoms with Gasteiger partial charge in [0.2, 0.25) is 0 Å². The highest BCUT2D eigenvalue weighted by Gasteiger charge is 2.12. The molecule has 3 aromatic rings. The molecule has 1 aromatic carbocycles. The number of halogens is 1. The number of imidazole rings is 1. The second kappa shape index (κ2) is 9.48. The minimum atomic E-state index is 0.676. The summed E-state index contributed by atoms with van der Waals surface area (Å²) in [5.74, 6) is 0. The van der Waals surface area contributed by atoms with Gasteiger partial charge in [0.25, 0.3) is 0 Å². The monoisotopic (exact) mass is 399 g/mol. The van der Waals surface area contributed by atoms with E-state index >= 15 is 0 Å². The van der Waals surface area contributed by atoms with Crippen LogP contribution in [0.5, 0.6) is 0 Å². The van der Waals surface area contributed by atoms with Crippen molar-refractivity contribution in [1.82, 2.24) is 19.4 Å². The van der Waals surface area contributed by atoms with Crippen molar-refractivity contribution in [3.05, 3.63) is 77.6 Å². The number of anilines is 1. The zero-order chi connectivity index (χ0) is 19.1. The molecule has 0 fully saturated rings. The van der Waals surface area contributed by atoms with Gasteiger partial charge in [0, 0.05) is 55.1 Å². The molecule has 0 aliphatic rings. The van der Waals surface area contributed by atoms with E-state index < -0.39 is 0 Å². The molecule has 0 radical (unpaired) electrons. The predicted octanol–water partition coefficient (Wildman–Crippen LogP) is 4.53. The fraction of sp³-hybridized carbons (Fsp3) is 0.250. The van der Waals surface area contributed by atoms with Gasteiger partial charge in [0.1, 0.15) is 0 Å². The molecule has 140 valence electrons. The van der Waals surface area contributed by atoms with Crippen LogP contribution in [0.15, 0.2) is 61.4 Å². The molecule has 7 heteroatoms. The summed E-state index contributed by atoms with van der Waals surface area (Å²) in [6.45, 7) is 4.44. The van der Waals surface area contributed by atoms with Gasteiger partial charge in [-0.3, -0.25) is 4.98 Å². The Kier molecular flexibility index (Phi) is 6.79. The van der Waals surface area contributed by atoms with Gasteiger partial charge < -0.3 is 14.8 Å². The lowest BCUT2D eigenvalue weighted by atomic mass is 10.2. The van der Waals surface area contributed by atoms with Gasteiger partial charge in [0.15, 0.2) is 5.11 Å². The van der Waals surface area contributed by atoms with Crippen LogP contribution in [0.25, 0.3) is 0 Å². The maximum Gasteiger partial charge on any atom is 0.173 e. The van der Waals surface area contributed by atoms with Gasteiger partial charge in [0.05, 0.1) is 6.33 Å². The maximum absolute atomic E-state index is 6.14. The number of aryl methyl sites for hydroxylation is 2. The van der Waals surface area contributed by atoms with Crippen molar-refractivity contribution in [2.24, 2.45) is 0 Å². The van der Waals surface area contributed by atoms with Crippen molar-refractivity contribution in [3.8, 4) is 0 Å². The van der Waals surface area contributed by atoms with Crippen LogP contribution < -0.4 is 5.32 Å². The summed E-state index contributed by atoms with van der Waals surface area (Å²) in [5, 5.41) is 4.71. The number of thiocarbonyl (C=S) groups is 1. The summed E-state index contributed by atoms with van der Waals surface area (Å²) in [4.78, 5) is 10.5. The minimum absolute atomic E-state index is 0.676. The van der Waals surface area contributed by atoms with Gasteiger partial charge in [-0.05, 0) is 54.9 Å². The molecule has 2 aromatic heterocycles. The molecule has 0 saturated heterocycles. The molecule has 0 bridgehead atoms. The highest BCUT2D eigenvalue weighted by molar-refractivity contribution is 7.80. The SMILES string of the molecule is Cc1ccc(Cl)cc1NC(=S)N(CCCn1ccnc1)Cc1cccnc1. The summed E-state index contributed by atoms with van der Waals surface area (Å²) >= 11 is 11.8. The Morgan fingerprint density at radius 2 is 2.15 bits per heavy atom. The molecule has 27 heavy (non-hydrogen) atoms. The number of aromatic nitrogens is 3. The van der Waals surface area contributed by atoms with Crippen LogP contribution in [0.2, 0.25) is 5.02 Å². The van der Waals surface area contributed by atoms with Gasteiger partial charge in [-0.15, -0.1) is 0 Å². The van der Waals surface area contributed by atoms with Crippen LogP contribution in [0.3, 0.4) is 0 Å². The minimum Gasteiger partial charge on any atom is -0.345 e. The predicted molar refractivity (Wildman–Crippen MR) is 114 cm³/mol. The Morgan fingerprint density at radius 1 is 1.26 bits per heavy atom. The summed E-state index contributed by atoms with van der Waals surface area (Å²) in [7, 11) is 0. The highest BCUT2D eigenvalue weighted by atomic mass is 35.5. The number of rotatable bonds is 7. The maximum atomic E-state index is 6.14. The number of hydrogen-bond acceptors (Lipinski definition) is 3. The van der Waals surface area contributed by atoms with E-state index in [2.05, 4.69) is 30.8 Å². The highest BCUT2D eigenvalue weighted by Crippen LogP contribution is 2.21. The lowest BCUT2D eigenvalue weighted by Gasteiger charge is -2.26. The van der Waals surface area contributed by atoms with E-state index in [0.717, 1.165) is 36.3 Å². The first kappa shape index (κ1) is 19.3. The molecule has 0 spiro atoms. The Labute approximate surface area is 170 Å². The molecule has 5 nitrogen and oxygen atoms in total. The normalized spacial score (nSPS) is 10.6. The molecule has 1 N–H and O–H groups in total. The van der Waals surface area contributed by atoms with E-state index in [9.17, 15) is 0 Å². The summed E-state index contributed by atoms with van der Waals surface area (Å²) in [6.07, 6.45) is 10.2. The Hall–Kier alpha value is -2.44.